The molecule has 0 bridgehead atoms. The van der Waals surface area contributed by atoms with E-state index in [9.17, 15) is 4.79 Å². The van der Waals surface area contributed by atoms with Gasteiger partial charge in [-0.25, -0.2) is 0 Å². The summed E-state index contributed by atoms with van der Waals surface area (Å²) in [5, 5.41) is 8.50. The normalized spacial score (nSPS) is 12.1. The Morgan fingerprint density at radius 3 is 2.10 bits per heavy atom. The van der Waals surface area contributed by atoms with Gasteiger partial charge in [0.1, 0.15) is 0 Å². The number of allylic oxidation sites excluding steroid dienone is 6. The average molecular weight is 278 g/mol. The maximum absolute atomic E-state index is 10.3. The van der Waals surface area contributed by atoms with Crippen LogP contribution in [0.3, 0.4) is 0 Å². The van der Waals surface area contributed by atoms with Crippen LogP contribution in [0.2, 0.25) is 0 Å². The molecule has 0 radical (unpaired) electrons. The van der Waals surface area contributed by atoms with Crippen molar-refractivity contribution in [3.8, 4) is 0 Å². The Balaban J connectivity index is 3.26. The molecule has 0 aliphatic rings. The second-order valence-electron chi connectivity index (χ2n) is 5.04. The molecule has 0 amide bonds. The fraction of sp³-hybridized carbons (Fsp3) is 0.611. The first kappa shape index (κ1) is 18.7. The lowest BCUT2D eigenvalue weighted by Gasteiger charge is -1.96. The Kier molecular flexibility index (Phi) is 14.7. The molecule has 1 N–H and O–H groups in total. The zero-order valence-electron chi connectivity index (χ0n) is 12.9. The van der Waals surface area contributed by atoms with Gasteiger partial charge in [0.15, 0.2) is 0 Å². The monoisotopic (exact) mass is 278 g/mol. The average Bonchev–Trinajstić information content (AvgIpc) is 2.43. The molecule has 0 aromatic carbocycles. The SMILES string of the molecule is CCCC=CC=CCCC=CCCCCCCC(=O)O. The van der Waals surface area contributed by atoms with Gasteiger partial charge in [0, 0.05) is 6.42 Å². The second-order valence-corrected chi connectivity index (χ2v) is 5.04. The van der Waals surface area contributed by atoms with Crippen LogP contribution in [0.15, 0.2) is 36.5 Å². The molecule has 114 valence electrons. The van der Waals surface area contributed by atoms with Crippen LogP contribution in [0.5, 0.6) is 0 Å². The molecule has 0 rings (SSSR count). The molecular weight excluding hydrogens is 248 g/mol. The molecule has 0 saturated carbocycles. The van der Waals surface area contributed by atoms with Crippen LogP contribution < -0.4 is 0 Å². The van der Waals surface area contributed by atoms with Crippen molar-refractivity contribution in [3.63, 3.8) is 0 Å². The van der Waals surface area contributed by atoms with Gasteiger partial charge in [-0.15, -0.1) is 0 Å². The fourth-order valence-corrected chi connectivity index (χ4v) is 1.84. The first-order chi connectivity index (χ1) is 9.77. The predicted octanol–water partition coefficient (Wildman–Crippen LogP) is 5.66. The number of hydrogen-bond acceptors (Lipinski definition) is 1. The summed E-state index contributed by atoms with van der Waals surface area (Å²) >= 11 is 0. The van der Waals surface area contributed by atoms with Crippen LogP contribution in [0.4, 0.5) is 0 Å². The molecule has 0 atom stereocenters. The Morgan fingerprint density at radius 1 is 0.800 bits per heavy atom. The molecule has 0 aliphatic heterocycles. The van der Waals surface area contributed by atoms with Gasteiger partial charge < -0.3 is 5.11 Å². The van der Waals surface area contributed by atoms with E-state index in [0.29, 0.717) is 6.42 Å². The maximum Gasteiger partial charge on any atom is 0.303 e. The van der Waals surface area contributed by atoms with Crippen LogP contribution in [-0.4, -0.2) is 11.1 Å². The lowest BCUT2D eigenvalue weighted by atomic mass is 10.1. The zero-order valence-corrected chi connectivity index (χ0v) is 12.9. The van der Waals surface area contributed by atoms with E-state index >= 15 is 0 Å². The molecule has 0 spiro atoms. The highest BCUT2D eigenvalue weighted by Crippen LogP contribution is 2.06. The number of carboxylic acids is 1. The largest absolute Gasteiger partial charge is 0.481 e. The lowest BCUT2D eigenvalue weighted by Crippen LogP contribution is -1.93. The van der Waals surface area contributed by atoms with E-state index in [1.165, 1.54) is 12.8 Å². The smallest absolute Gasteiger partial charge is 0.303 e. The van der Waals surface area contributed by atoms with Crippen molar-refractivity contribution in [1.82, 2.24) is 0 Å². The molecule has 0 fully saturated rings. The fourth-order valence-electron chi connectivity index (χ4n) is 1.84. The molecule has 2 heteroatoms. The number of rotatable bonds is 13. The predicted molar refractivity (Wildman–Crippen MR) is 86.9 cm³/mol. The van der Waals surface area contributed by atoms with Crippen molar-refractivity contribution in [2.45, 2.75) is 71.1 Å². The summed E-state index contributed by atoms with van der Waals surface area (Å²) in [6.07, 6.45) is 23.4. The number of hydrogen-bond donors (Lipinski definition) is 1. The van der Waals surface area contributed by atoms with Crippen molar-refractivity contribution >= 4 is 5.97 Å². The summed E-state index contributed by atoms with van der Waals surface area (Å²) in [7, 11) is 0. The summed E-state index contributed by atoms with van der Waals surface area (Å²) < 4.78 is 0. The summed E-state index contributed by atoms with van der Waals surface area (Å²) in [6, 6.07) is 0. The van der Waals surface area contributed by atoms with Crippen molar-refractivity contribution in [1.29, 1.82) is 0 Å². The topological polar surface area (TPSA) is 37.3 Å². The third-order valence-corrected chi connectivity index (χ3v) is 3.02. The van der Waals surface area contributed by atoms with Gasteiger partial charge in [0.25, 0.3) is 0 Å². The van der Waals surface area contributed by atoms with Crippen molar-refractivity contribution in [3.05, 3.63) is 36.5 Å². The highest BCUT2D eigenvalue weighted by atomic mass is 16.4. The third-order valence-electron chi connectivity index (χ3n) is 3.02. The van der Waals surface area contributed by atoms with E-state index < -0.39 is 5.97 Å². The highest BCUT2D eigenvalue weighted by Gasteiger charge is 1.95. The van der Waals surface area contributed by atoms with Gasteiger partial charge in [-0.05, 0) is 38.5 Å². The number of aliphatic carboxylic acids is 1. The van der Waals surface area contributed by atoms with Crippen LogP contribution in [0.25, 0.3) is 0 Å². The van der Waals surface area contributed by atoms with Crippen molar-refractivity contribution < 1.29 is 9.90 Å². The second kappa shape index (κ2) is 15.7. The summed E-state index contributed by atoms with van der Waals surface area (Å²) in [4.78, 5) is 10.3. The van der Waals surface area contributed by atoms with Gasteiger partial charge >= 0.3 is 5.97 Å². The maximum atomic E-state index is 10.3. The van der Waals surface area contributed by atoms with Crippen LogP contribution >= 0.6 is 0 Å². The molecule has 0 heterocycles. The molecule has 0 saturated heterocycles. The molecule has 20 heavy (non-hydrogen) atoms. The van der Waals surface area contributed by atoms with E-state index in [-0.39, 0.29) is 0 Å². The van der Waals surface area contributed by atoms with Crippen LogP contribution in [0, 0.1) is 0 Å². The highest BCUT2D eigenvalue weighted by molar-refractivity contribution is 5.66. The van der Waals surface area contributed by atoms with E-state index in [4.69, 9.17) is 5.11 Å². The molecule has 0 unspecified atom stereocenters. The number of carbonyl (C=O) groups is 1. The standard InChI is InChI=1S/C18H30O2/c1-2-3-4-5-6-7-8-9-10-11-12-13-14-15-16-17-18(19)20/h4-7,10-11H,2-3,8-9,12-17H2,1H3,(H,19,20). The molecule has 0 aliphatic carbocycles. The Bertz CT molecular complexity index is 301. The van der Waals surface area contributed by atoms with E-state index in [1.807, 2.05) is 0 Å². The Hall–Kier alpha value is -1.31. The Morgan fingerprint density at radius 2 is 1.40 bits per heavy atom. The van der Waals surface area contributed by atoms with Crippen molar-refractivity contribution in [2.75, 3.05) is 0 Å². The van der Waals surface area contributed by atoms with E-state index in [2.05, 4.69) is 43.4 Å². The molecule has 2 nitrogen and oxygen atoms in total. The first-order valence-corrected chi connectivity index (χ1v) is 7.95. The van der Waals surface area contributed by atoms with Gasteiger partial charge in [-0.2, -0.15) is 0 Å². The minimum atomic E-state index is -0.678. The first-order valence-electron chi connectivity index (χ1n) is 7.95. The minimum absolute atomic E-state index is 0.314. The van der Waals surface area contributed by atoms with Gasteiger partial charge in [-0.1, -0.05) is 62.6 Å². The van der Waals surface area contributed by atoms with E-state index in [0.717, 1.165) is 44.9 Å². The van der Waals surface area contributed by atoms with E-state index in [1.54, 1.807) is 0 Å². The summed E-state index contributed by atoms with van der Waals surface area (Å²) in [5.74, 6) is -0.678. The van der Waals surface area contributed by atoms with Gasteiger partial charge in [0.05, 0.1) is 0 Å². The molecular formula is C18H30O2. The van der Waals surface area contributed by atoms with Gasteiger partial charge in [-0.3, -0.25) is 4.79 Å². The summed E-state index contributed by atoms with van der Waals surface area (Å²) in [5.41, 5.74) is 0. The quantitative estimate of drug-likeness (QED) is 0.268. The zero-order chi connectivity index (χ0) is 14.9. The minimum Gasteiger partial charge on any atom is -0.481 e. The third kappa shape index (κ3) is 16.7. The van der Waals surface area contributed by atoms with Crippen LogP contribution in [0.1, 0.15) is 71.1 Å². The van der Waals surface area contributed by atoms with Crippen molar-refractivity contribution in [2.24, 2.45) is 0 Å². The lowest BCUT2D eigenvalue weighted by molar-refractivity contribution is -0.137. The number of unbranched alkanes of at least 4 members (excludes halogenated alkanes) is 6. The molecule has 0 aromatic rings. The summed E-state index contributed by atoms with van der Waals surface area (Å²) in [6.45, 7) is 2.19. The molecule has 0 aromatic heterocycles. The Labute approximate surface area is 124 Å². The van der Waals surface area contributed by atoms with Crippen LogP contribution in [-0.2, 0) is 4.79 Å². The van der Waals surface area contributed by atoms with Gasteiger partial charge in [0.2, 0.25) is 0 Å². The number of carboxylic acid groups (broad SMARTS) is 1.